The van der Waals surface area contributed by atoms with Crippen LogP contribution in [0, 0.1) is 5.82 Å². The quantitative estimate of drug-likeness (QED) is 0.898. The fourth-order valence-corrected chi connectivity index (χ4v) is 4.59. The van der Waals surface area contributed by atoms with Crippen molar-refractivity contribution in [2.45, 2.75) is 37.8 Å². The van der Waals surface area contributed by atoms with Gasteiger partial charge >= 0.3 is 5.97 Å². The van der Waals surface area contributed by atoms with Gasteiger partial charge in [-0.1, -0.05) is 0 Å². The van der Waals surface area contributed by atoms with E-state index in [4.69, 9.17) is 0 Å². The Bertz CT molecular complexity index is 990. The monoisotopic (exact) mass is 371 g/mol. The Morgan fingerprint density at radius 3 is 2.44 bits per heavy atom. The van der Waals surface area contributed by atoms with Crippen molar-refractivity contribution in [3.8, 4) is 0 Å². The fraction of sp³-hybridized carbons (Fsp3) is 0.500. The zero-order chi connectivity index (χ0) is 18.7. The Balaban J connectivity index is 1.70. The van der Waals surface area contributed by atoms with Crippen LogP contribution in [0.3, 0.4) is 0 Å². The summed E-state index contributed by atoms with van der Waals surface area (Å²) < 4.78 is 16.9. The van der Waals surface area contributed by atoms with Gasteiger partial charge in [0.25, 0.3) is 0 Å². The van der Waals surface area contributed by atoms with E-state index in [9.17, 15) is 14.7 Å². The Morgan fingerprint density at radius 2 is 1.78 bits per heavy atom. The number of pyridine rings is 1. The number of aromatic carboxylic acids is 1. The highest BCUT2D eigenvalue weighted by atomic mass is 19.1. The van der Waals surface area contributed by atoms with E-state index >= 15 is 4.39 Å². The van der Waals surface area contributed by atoms with E-state index in [2.05, 4.69) is 9.80 Å². The van der Waals surface area contributed by atoms with Crippen LogP contribution < -0.4 is 10.3 Å². The van der Waals surface area contributed by atoms with Crippen LogP contribution in [0.1, 0.15) is 42.1 Å². The van der Waals surface area contributed by atoms with E-state index in [1.807, 2.05) is 4.57 Å². The third-order valence-corrected chi connectivity index (χ3v) is 6.24. The summed E-state index contributed by atoms with van der Waals surface area (Å²) in [5.41, 5.74) is 0.279. The number of carboxylic acids is 1. The van der Waals surface area contributed by atoms with E-state index in [1.165, 1.54) is 12.3 Å². The summed E-state index contributed by atoms with van der Waals surface area (Å²) >= 11 is 0. The molecule has 3 aliphatic heterocycles. The van der Waals surface area contributed by atoms with Gasteiger partial charge < -0.3 is 19.5 Å². The van der Waals surface area contributed by atoms with Crippen LogP contribution in [0.15, 0.2) is 23.1 Å². The van der Waals surface area contributed by atoms with Crippen molar-refractivity contribution in [1.29, 1.82) is 0 Å². The molecule has 2 aromatic rings. The highest BCUT2D eigenvalue weighted by Gasteiger charge is 2.32. The minimum Gasteiger partial charge on any atom is -0.477 e. The molecule has 0 atom stereocenters. The van der Waals surface area contributed by atoms with Gasteiger partial charge in [0.2, 0.25) is 5.43 Å². The number of carboxylic acid groups (broad SMARTS) is 1. The zero-order valence-electron chi connectivity index (χ0n) is 15.0. The van der Waals surface area contributed by atoms with Gasteiger partial charge in [-0.3, -0.25) is 4.79 Å². The maximum absolute atomic E-state index is 15.1. The number of fused-ring (bicyclic) bond motifs is 5. The number of anilines is 1. The number of halogens is 1. The Labute approximate surface area is 155 Å². The average molecular weight is 371 g/mol. The van der Waals surface area contributed by atoms with E-state index in [1.54, 1.807) is 6.07 Å². The van der Waals surface area contributed by atoms with Gasteiger partial charge in [-0.05, 0) is 37.8 Å². The lowest BCUT2D eigenvalue weighted by atomic mass is 10.0. The predicted molar refractivity (Wildman–Crippen MR) is 100 cm³/mol. The van der Waals surface area contributed by atoms with E-state index < -0.39 is 17.2 Å². The van der Waals surface area contributed by atoms with E-state index in [0.29, 0.717) is 17.2 Å². The second-order valence-corrected chi connectivity index (χ2v) is 7.90. The number of benzene rings is 1. The predicted octanol–water partition coefficient (Wildman–Crippen LogP) is 2.46. The minimum atomic E-state index is -1.26. The van der Waals surface area contributed by atoms with Crippen LogP contribution in [-0.4, -0.2) is 52.8 Å². The first-order valence-electron chi connectivity index (χ1n) is 9.63. The van der Waals surface area contributed by atoms with Crippen LogP contribution in [0.5, 0.6) is 0 Å². The number of hydrogen-bond acceptors (Lipinski definition) is 4. The third kappa shape index (κ3) is 2.72. The molecule has 0 spiro atoms. The van der Waals surface area contributed by atoms with Crippen molar-refractivity contribution in [3.63, 3.8) is 0 Å². The zero-order valence-corrected chi connectivity index (χ0v) is 15.0. The largest absolute Gasteiger partial charge is 0.477 e. The molecule has 4 heterocycles. The van der Waals surface area contributed by atoms with Crippen LogP contribution >= 0.6 is 0 Å². The van der Waals surface area contributed by atoms with Gasteiger partial charge in [-0.15, -0.1) is 0 Å². The summed E-state index contributed by atoms with van der Waals surface area (Å²) in [5, 5.41) is 9.52. The molecule has 0 unspecified atom stereocenters. The summed E-state index contributed by atoms with van der Waals surface area (Å²) in [7, 11) is 0. The molecule has 1 saturated carbocycles. The van der Waals surface area contributed by atoms with Crippen molar-refractivity contribution < 1.29 is 14.3 Å². The maximum atomic E-state index is 15.1. The first-order valence-corrected chi connectivity index (χ1v) is 9.63. The molecule has 6 nitrogen and oxygen atoms in total. The number of piperidine rings is 1. The molecule has 1 aromatic carbocycles. The van der Waals surface area contributed by atoms with Crippen LogP contribution in [0.2, 0.25) is 0 Å². The molecule has 1 aliphatic carbocycles. The molecule has 27 heavy (non-hydrogen) atoms. The van der Waals surface area contributed by atoms with Gasteiger partial charge in [0.05, 0.1) is 11.2 Å². The second-order valence-electron chi connectivity index (χ2n) is 7.90. The van der Waals surface area contributed by atoms with Crippen LogP contribution in [0.25, 0.3) is 10.9 Å². The van der Waals surface area contributed by atoms with E-state index in [0.717, 1.165) is 51.9 Å². The molecule has 7 heteroatoms. The summed E-state index contributed by atoms with van der Waals surface area (Å²) in [6.07, 6.45) is 5.37. The molecular formula is C20H22FN3O3. The minimum absolute atomic E-state index is 0.158. The number of carbonyl (C=O) groups is 1. The maximum Gasteiger partial charge on any atom is 0.341 e. The smallest absolute Gasteiger partial charge is 0.341 e. The van der Waals surface area contributed by atoms with E-state index in [-0.39, 0.29) is 17.0 Å². The van der Waals surface area contributed by atoms with Crippen LogP contribution in [0.4, 0.5) is 10.1 Å². The lowest BCUT2D eigenvalue weighted by Crippen LogP contribution is -2.38. The SMILES string of the molecule is O=C(O)c1cn(C2CC2)c2cc(N3CCN4CCC3CC4)c(F)cc2c1=O. The molecule has 4 fully saturated rings. The Morgan fingerprint density at radius 1 is 1.04 bits per heavy atom. The molecule has 4 aliphatic rings. The second kappa shape index (κ2) is 6.05. The molecule has 0 amide bonds. The highest BCUT2D eigenvalue weighted by Crippen LogP contribution is 2.38. The first kappa shape index (κ1) is 16.7. The molecule has 1 aromatic heterocycles. The van der Waals surface area contributed by atoms with Crippen molar-refractivity contribution in [2.75, 3.05) is 31.1 Å². The number of nitrogens with zero attached hydrogens (tertiary/aromatic N) is 3. The first-order chi connectivity index (χ1) is 13.0. The topological polar surface area (TPSA) is 65.8 Å². The van der Waals surface area contributed by atoms with Gasteiger partial charge in [0, 0.05) is 49.8 Å². The molecule has 142 valence electrons. The average Bonchev–Trinajstić information content (AvgIpc) is 3.50. The van der Waals surface area contributed by atoms with Gasteiger partial charge in [0.1, 0.15) is 11.4 Å². The Hall–Kier alpha value is -2.41. The summed E-state index contributed by atoms with van der Waals surface area (Å²) in [4.78, 5) is 28.6. The number of hydrogen-bond donors (Lipinski definition) is 1. The lowest BCUT2D eigenvalue weighted by Gasteiger charge is -2.33. The molecule has 6 rings (SSSR count). The standard InChI is InChI=1S/C20H22FN3O3/c21-16-9-14-17(24(12-1-2-12)11-15(19(14)25)20(26)27)10-18(16)23-8-7-22-5-3-13(23)4-6-22/h9-13H,1-8H2,(H,26,27). The third-order valence-electron chi connectivity index (χ3n) is 6.24. The van der Waals surface area contributed by atoms with Crippen LogP contribution in [-0.2, 0) is 0 Å². The summed E-state index contributed by atoms with van der Waals surface area (Å²) in [5.74, 6) is -1.70. The molecule has 3 saturated heterocycles. The van der Waals surface area contributed by atoms with Crippen molar-refractivity contribution in [3.05, 3.63) is 39.9 Å². The number of aromatic nitrogens is 1. The van der Waals surface area contributed by atoms with Crippen molar-refractivity contribution in [2.24, 2.45) is 0 Å². The summed E-state index contributed by atoms with van der Waals surface area (Å²) in [6, 6.07) is 3.52. The van der Waals surface area contributed by atoms with Gasteiger partial charge in [-0.2, -0.15) is 0 Å². The highest BCUT2D eigenvalue weighted by molar-refractivity contribution is 5.93. The lowest BCUT2D eigenvalue weighted by molar-refractivity contribution is 0.0695. The molecule has 0 radical (unpaired) electrons. The summed E-state index contributed by atoms with van der Waals surface area (Å²) in [6.45, 7) is 3.78. The molecular weight excluding hydrogens is 349 g/mol. The molecule has 2 bridgehead atoms. The molecule has 1 N–H and O–H groups in total. The number of rotatable bonds is 3. The van der Waals surface area contributed by atoms with Gasteiger partial charge in [0.15, 0.2) is 0 Å². The Kier molecular flexibility index (Phi) is 3.75. The van der Waals surface area contributed by atoms with Gasteiger partial charge in [-0.25, -0.2) is 9.18 Å². The fourth-order valence-electron chi connectivity index (χ4n) is 4.59. The van der Waals surface area contributed by atoms with Crippen molar-refractivity contribution >= 4 is 22.6 Å². The normalized spacial score (nSPS) is 25.0. The van der Waals surface area contributed by atoms with Crippen molar-refractivity contribution in [1.82, 2.24) is 9.47 Å².